The summed E-state index contributed by atoms with van der Waals surface area (Å²) in [6.07, 6.45) is 0. The molecule has 2 atom stereocenters. The van der Waals surface area contributed by atoms with Crippen LogP contribution in [0.1, 0.15) is 44.4 Å². The summed E-state index contributed by atoms with van der Waals surface area (Å²) in [6, 6.07) is 21.1. The zero-order valence-corrected chi connectivity index (χ0v) is 19.5. The van der Waals surface area contributed by atoms with Gasteiger partial charge in [0.1, 0.15) is 0 Å². The highest BCUT2D eigenvalue weighted by atomic mass is 16.5. The fourth-order valence-electron chi connectivity index (χ4n) is 6.85. The summed E-state index contributed by atoms with van der Waals surface area (Å²) in [6.45, 7) is 2.23. The number of ether oxygens (including phenoxy) is 1. The number of amides is 2. The topological polar surface area (TPSA) is 87.2 Å². The third kappa shape index (κ3) is 2.80. The summed E-state index contributed by atoms with van der Waals surface area (Å²) >= 11 is 0. The lowest BCUT2D eigenvalue weighted by Gasteiger charge is -2.45. The third-order valence-electron chi connectivity index (χ3n) is 8.27. The number of rotatable bonds is 3. The van der Waals surface area contributed by atoms with Crippen LogP contribution in [0, 0.1) is 11.8 Å². The molecule has 0 aromatic heterocycles. The van der Waals surface area contributed by atoms with Gasteiger partial charge in [-0.3, -0.25) is 9.59 Å². The molecule has 5 aliphatic rings. The Morgan fingerprint density at radius 1 is 0.778 bits per heavy atom. The van der Waals surface area contributed by atoms with Gasteiger partial charge >= 0.3 is 5.97 Å². The van der Waals surface area contributed by atoms with E-state index in [1.807, 2.05) is 29.2 Å². The zero-order chi connectivity index (χ0) is 24.6. The van der Waals surface area contributed by atoms with Gasteiger partial charge in [-0.1, -0.05) is 48.5 Å². The first-order valence-electron chi connectivity index (χ1n) is 12.3. The van der Waals surface area contributed by atoms with Crippen LogP contribution in [0.2, 0.25) is 0 Å². The monoisotopic (exact) mass is 480 g/mol. The van der Waals surface area contributed by atoms with Crippen molar-refractivity contribution < 1.29 is 24.2 Å². The SMILES string of the molecule is O=C(O)c1cc(N2C(=O)[C@@H]3C4c5ccccc5C(c5ccccc54)[C@@H]3C2=O)ccc1N1CCOCC1. The van der Waals surface area contributed by atoms with E-state index in [4.69, 9.17) is 4.74 Å². The van der Waals surface area contributed by atoms with Crippen LogP contribution in [0.5, 0.6) is 0 Å². The van der Waals surface area contributed by atoms with Gasteiger partial charge in [0.15, 0.2) is 0 Å². The number of hydrogen-bond acceptors (Lipinski definition) is 5. The highest BCUT2D eigenvalue weighted by molar-refractivity contribution is 6.23. The Morgan fingerprint density at radius 3 is 1.75 bits per heavy atom. The summed E-state index contributed by atoms with van der Waals surface area (Å²) in [5.41, 5.74) is 5.42. The standard InChI is InChI=1S/C29H24N2O5/c32-27-25-23-17-5-1-2-6-18(17)24(20-8-4-3-7-19(20)23)26(25)28(33)31(27)16-9-10-22(21(15-16)29(34)35)30-11-13-36-14-12-30/h1-10,15,23-26H,11-14H2,(H,34,35)/t23?,24?,25-,26+. The summed E-state index contributed by atoms with van der Waals surface area (Å²) < 4.78 is 5.40. The van der Waals surface area contributed by atoms with Gasteiger partial charge in [-0.25, -0.2) is 9.69 Å². The van der Waals surface area contributed by atoms with Crippen molar-refractivity contribution in [3.8, 4) is 0 Å². The molecule has 7 nitrogen and oxygen atoms in total. The molecular formula is C29H24N2O5. The molecule has 3 aromatic rings. The number of nitrogens with zero attached hydrogens (tertiary/aromatic N) is 2. The fraction of sp³-hybridized carbons (Fsp3) is 0.276. The van der Waals surface area contributed by atoms with E-state index in [0.717, 1.165) is 22.3 Å². The van der Waals surface area contributed by atoms with Crippen molar-refractivity contribution in [3.63, 3.8) is 0 Å². The molecule has 0 saturated carbocycles. The van der Waals surface area contributed by atoms with Gasteiger partial charge in [0, 0.05) is 24.9 Å². The van der Waals surface area contributed by atoms with E-state index in [1.54, 1.807) is 12.1 Å². The van der Waals surface area contributed by atoms with Crippen LogP contribution < -0.4 is 9.80 Å². The molecule has 0 radical (unpaired) electrons. The first-order valence-corrected chi connectivity index (χ1v) is 12.3. The smallest absolute Gasteiger partial charge is 0.337 e. The molecule has 2 aliphatic heterocycles. The van der Waals surface area contributed by atoms with Gasteiger partial charge in [0.25, 0.3) is 0 Å². The molecule has 2 fully saturated rings. The van der Waals surface area contributed by atoms with Crippen LogP contribution in [-0.4, -0.2) is 49.2 Å². The Kier molecular flexibility index (Phi) is 4.60. The van der Waals surface area contributed by atoms with Crippen molar-refractivity contribution in [1.82, 2.24) is 0 Å². The maximum Gasteiger partial charge on any atom is 0.337 e. The molecule has 2 saturated heterocycles. The molecule has 8 rings (SSSR count). The molecule has 3 aromatic carbocycles. The highest BCUT2D eigenvalue weighted by Gasteiger charge is 2.61. The van der Waals surface area contributed by atoms with Crippen molar-refractivity contribution in [1.29, 1.82) is 0 Å². The van der Waals surface area contributed by atoms with E-state index in [2.05, 4.69) is 24.3 Å². The van der Waals surface area contributed by atoms with Crippen LogP contribution in [0.4, 0.5) is 11.4 Å². The van der Waals surface area contributed by atoms with Crippen molar-refractivity contribution in [2.45, 2.75) is 11.8 Å². The molecule has 2 amide bonds. The average molecular weight is 481 g/mol. The maximum atomic E-state index is 14.0. The Hall–Kier alpha value is -3.97. The number of anilines is 2. The molecule has 180 valence electrons. The van der Waals surface area contributed by atoms with Gasteiger partial charge in [-0.05, 0) is 40.5 Å². The second kappa shape index (κ2) is 7.77. The largest absolute Gasteiger partial charge is 0.478 e. The van der Waals surface area contributed by atoms with Gasteiger partial charge in [-0.15, -0.1) is 0 Å². The predicted octanol–water partition coefficient (Wildman–Crippen LogP) is 3.62. The molecule has 1 N–H and O–H groups in total. The maximum absolute atomic E-state index is 14.0. The Morgan fingerprint density at radius 2 is 1.28 bits per heavy atom. The Bertz CT molecular complexity index is 1330. The summed E-state index contributed by atoms with van der Waals surface area (Å²) in [5, 5.41) is 9.99. The molecule has 2 bridgehead atoms. The molecule has 0 spiro atoms. The lowest BCUT2D eigenvalue weighted by Crippen LogP contribution is -2.41. The number of carboxylic acids is 1. The summed E-state index contributed by atoms with van der Waals surface area (Å²) in [7, 11) is 0. The number of carboxylic acid groups (broad SMARTS) is 1. The minimum atomic E-state index is -1.09. The lowest BCUT2D eigenvalue weighted by atomic mass is 9.55. The van der Waals surface area contributed by atoms with Crippen molar-refractivity contribution in [3.05, 3.63) is 94.5 Å². The van der Waals surface area contributed by atoms with E-state index in [0.29, 0.717) is 37.7 Å². The van der Waals surface area contributed by atoms with E-state index in [1.165, 1.54) is 11.0 Å². The summed E-state index contributed by atoms with van der Waals surface area (Å²) in [5.74, 6) is -2.98. The first-order chi connectivity index (χ1) is 17.6. The first kappa shape index (κ1) is 21.3. The molecule has 7 heteroatoms. The van der Waals surface area contributed by atoms with Crippen molar-refractivity contribution in [2.24, 2.45) is 11.8 Å². The lowest BCUT2D eigenvalue weighted by molar-refractivity contribution is -0.122. The Balaban J connectivity index is 1.33. The molecule has 36 heavy (non-hydrogen) atoms. The number of hydrogen-bond donors (Lipinski definition) is 1. The number of carbonyl (C=O) groups is 3. The van der Waals surface area contributed by atoms with Crippen molar-refractivity contribution in [2.75, 3.05) is 36.1 Å². The van der Waals surface area contributed by atoms with E-state index >= 15 is 0 Å². The molecule has 2 heterocycles. The zero-order valence-electron chi connectivity index (χ0n) is 19.5. The number of morpholine rings is 1. The van der Waals surface area contributed by atoms with Crippen LogP contribution in [-0.2, 0) is 14.3 Å². The third-order valence-corrected chi connectivity index (χ3v) is 8.27. The predicted molar refractivity (Wildman–Crippen MR) is 132 cm³/mol. The van der Waals surface area contributed by atoms with E-state index in [-0.39, 0.29) is 29.2 Å². The minimum absolute atomic E-state index is 0.0828. The van der Waals surface area contributed by atoms with Gasteiger partial charge in [0.05, 0.1) is 42.0 Å². The number of benzene rings is 3. The fourth-order valence-corrected chi connectivity index (χ4v) is 6.85. The number of imide groups is 1. The van der Waals surface area contributed by atoms with Gasteiger partial charge < -0.3 is 14.7 Å². The van der Waals surface area contributed by atoms with E-state index in [9.17, 15) is 19.5 Å². The van der Waals surface area contributed by atoms with Crippen molar-refractivity contribution >= 4 is 29.2 Å². The number of aromatic carboxylic acids is 1. The minimum Gasteiger partial charge on any atom is -0.478 e. The molecular weight excluding hydrogens is 456 g/mol. The van der Waals surface area contributed by atoms with Gasteiger partial charge in [0.2, 0.25) is 11.8 Å². The molecule has 3 aliphatic carbocycles. The van der Waals surface area contributed by atoms with Crippen LogP contribution in [0.15, 0.2) is 66.7 Å². The highest BCUT2D eigenvalue weighted by Crippen LogP contribution is 2.61. The van der Waals surface area contributed by atoms with Crippen LogP contribution in [0.25, 0.3) is 0 Å². The second-order valence-electron chi connectivity index (χ2n) is 9.88. The van der Waals surface area contributed by atoms with E-state index < -0.39 is 17.8 Å². The molecule has 0 unspecified atom stereocenters. The van der Waals surface area contributed by atoms with Crippen LogP contribution >= 0.6 is 0 Å². The Labute approximate surface area is 207 Å². The van der Waals surface area contributed by atoms with Gasteiger partial charge in [-0.2, -0.15) is 0 Å². The second-order valence-corrected chi connectivity index (χ2v) is 9.88. The summed E-state index contributed by atoms with van der Waals surface area (Å²) in [4.78, 5) is 43.3. The quantitative estimate of drug-likeness (QED) is 0.577. The normalized spacial score (nSPS) is 26.0. The van der Waals surface area contributed by atoms with Crippen LogP contribution in [0.3, 0.4) is 0 Å². The average Bonchev–Trinajstić information content (AvgIpc) is 3.19. The number of carbonyl (C=O) groups excluding carboxylic acids is 2.